The van der Waals surface area contributed by atoms with Gasteiger partial charge in [0.05, 0.1) is 11.7 Å². The Kier molecular flexibility index (Phi) is 4.53. The number of aliphatic hydroxyl groups is 2. The molecule has 5 aliphatic rings. The van der Waals surface area contributed by atoms with E-state index in [-0.39, 0.29) is 17.4 Å². The summed E-state index contributed by atoms with van der Waals surface area (Å²) in [5.74, 6) is 0.639. The van der Waals surface area contributed by atoms with Crippen molar-refractivity contribution in [1.29, 1.82) is 0 Å². The number of benzene rings is 1. The summed E-state index contributed by atoms with van der Waals surface area (Å²) >= 11 is 0. The number of nitrogens with zero attached hydrogens (tertiary/aromatic N) is 2. The van der Waals surface area contributed by atoms with Crippen molar-refractivity contribution in [3.05, 3.63) is 47.4 Å². The van der Waals surface area contributed by atoms with Gasteiger partial charge >= 0.3 is 0 Å². The molecule has 1 saturated heterocycles. The number of aromatic nitrogens is 1. The number of likely N-dealkylation sites (N-methyl/N-ethyl adjacent to an activating group) is 1. The van der Waals surface area contributed by atoms with Crippen LogP contribution >= 0.6 is 0 Å². The Morgan fingerprint density at radius 1 is 1.14 bits per heavy atom. The van der Waals surface area contributed by atoms with Crippen molar-refractivity contribution in [2.75, 3.05) is 14.1 Å². The molecule has 2 bridgehead atoms. The van der Waals surface area contributed by atoms with Crippen LogP contribution in [0.15, 0.2) is 40.3 Å². The van der Waals surface area contributed by atoms with Crippen molar-refractivity contribution in [2.24, 2.45) is 11.3 Å². The minimum absolute atomic E-state index is 0.00937. The number of halogens is 1. The van der Waals surface area contributed by atoms with Gasteiger partial charge in [0.25, 0.3) is 0 Å². The maximum Gasteiger partial charge on any atom is 0.192 e. The van der Waals surface area contributed by atoms with Crippen molar-refractivity contribution in [3.8, 4) is 0 Å². The molecule has 2 unspecified atom stereocenters. The number of aryl methyl sites for hydroxylation is 1. The van der Waals surface area contributed by atoms with Crippen molar-refractivity contribution < 1.29 is 23.8 Å². The van der Waals surface area contributed by atoms with E-state index in [0.29, 0.717) is 43.6 Å². The highest BCUT2D eigenvalue weighted by Crippen LogP contribution is 2.71. The largest absolute Gasteiger partial charge is 0.441 e. The first-order chi connectivity index (χ1) is 17.0. The molecule has 192 valence electrons. The van der Waals surface area contributed by atoms with Crippen LogP contribution in [0.2, 0.25) is 0 Å². The molecule has 8 atom stereocenters. The van der Waals surface area contributed by atoms with E-state index in [1.54, 1.807) is 6.08 Å². The van der Waals surface area contributed by atoms with Gasteiger partial charge in [-0.15, -0.1) is 0 Å². The molecule has 2 saturated carbocycles. The summed E-state index contributed by atoms with van der Waals surface area (Å²) in [6, 6.07) is 5.94. The van der Waals surface area contributed by atoms with Gasteiger partial charge in [-0.25, -0.2) is 9.37 Å². The number of allylic oxidation sites excluding steroid dienone is 2. The van der Waals surface area contributed by atoms with Gasteiger partial charge in [-0.05, 0) is 93.0 Å². The second kappa shape index (κ2) is 7.07. The zero-order valence-corrected chi connectivity index (χ0v) is 21.4. The summed E-state index contributed by atoms with van der Waals surface area (Å²) in [6.07, 6.45) is 5.53. The van der Waals surface area contributed by atoms with Crippen LogP contribution in [0.1, 0.15) is 56.9 Å². The Bertz CT molecular complexity index is 1330. The summed E-state index contributed by atoms with van der Waals surface area (Å²) < 4.78 is 30.0. The Morgan fingerprint density at radius 3 is 2.72 bits per heavy atom. The number of rotatable bonds is 2. The number of hydrogen-bond donors (Lipinski definition) is 2. The van der Waals surface area contributed by atoms with Gasteiger partial charge in [0.2, 0.25) is 0 Å². The molecule has 3 aliphatic carbocycles. The number of alkyl halides is 1. The zero-order valence-electron chi connectivity index (χ0n) is 21.4. The molecular weight excluding hydrogens is 459 g/mol. The van der Waals surface area contributed by atoms with Gasteiger partial charge < -0.3 is 24.3 Å². The number of hydrogen-bond acceptors (Lipinski definition) is 6. The molecule has 0 amide bonds. The second-order valence-electron chi connectivity index (χ2n) is 12.4. The standard InChI is InChI=1S/C29H35FN2O4/c1-16-31-20-7-5-17(13-22(20)35-16)18-6-8-23-26(18,2)9-11-28(30)14-19-24(33)25(34)21(32(3)4)15-27(19)10-12-29(23,28)36-27/h5-7,13-14,21,23-25,33-34H,8-12,15H2,1-4H3/t21-,23?,24+,25+,26+,27+,28?,29-/m0/s1. The summed E-state index contributed by atoms with van der Waals surface area (Å²) in [5, 5.41) is 22.0. The van der Waals surface area contributed by atoms with E-state index in [1.807, 2.05) is 32.0 Å². The number of ether oxygens (including phenoxy) is 1. The molecule has 1 aromatic carbocycles. The molecule has 6 nitrogen and oxygen atoms in total. The third-order valence-corrected chi connectivity index (χ3v) is 10.4. The third kappa shape index (κ3) is 2.67. The number of aliphatic hydroxyl groups excluding tert-OH is 2. The van der Waals surface area contributed by atoms with Crippen molar-refractivity contribution in [2.45, 2.75) is 87.5 Å². The molecule has 2 N–H and O–H groups in total. The fourth-order valence-corrected chi connectivity index (χ4v) is 8.64. The molecule has 7 rings (SSSR count). The summed E-state index contributed by atoms with van der Waals surface area (Å²) in [5.41, 5.74) is 0.979. The normalized spacial score (nSPS) is 45.3. The Balaban J connectivity index is 1.30. The topological polar surface area (TPSA) is 79.0 Å². The van der Waals surface area contributed by atoms with E-state index in [0.717, 1.165) is 23.1 Å². The molecule has 2 spiro atoms. The van der Waals surface area contributed by atoms with Gasteiger partial charge in [0, 0.05) is 18.9 Å². The van der Waals surface area contributed by atoms with Crippen molar-refractivity contribution >= 4 is 16.7 Å². The first-order valence-electron chi connectivity index (χ1n) is 13.3. The average Bonchev–Trinajstić information content (AvgIpc) is 3.49. The lowest BCUT2D eigenvalue weighted by Gasteiger charge is -2.60. The fourth-order valence-electron chi connectivity index (χ4n) is 8.64. The van der Waals surface area contributed by atoms with Crippen molar-refractivity contribution in [3.63, 3.8) is 0 Å². The van der Waals surface area contributed by atoms with Crippen LogP contribution in [0.3, 0.4) is 0 Å². The first-order valence-corrected chi connectivity index (χ1v) is 13.3. The lowest BCUT2D eigenvalue weighted by atomic mass is 9.53. The fraction of sp³-hybridized carbons (Fsp3) is 0.621. The maximum atomic E-state index is 17.1. The monoisotopic (exact) mass is 494 g/mol. The van der Waals surface area contributed by atoms with E-state index in [4.69, 9.17) is 9.15 Å². The summed E-state index contributed by atoms with van der Waals surface area (Å²) in [7, 11) is 3.83. The number of oxazole rings is 1. The van der Waals surface area contributed by atoms with E-state index in [1.165, 1.54) is 5.57 Å². The molecule has 0 radical (unpaired) electrons. The smallest absolute Gasteiger partial charge is 0.192 e. The molecule has 1 aromatic heterocycles. The Labute approximate surface area is 210 Å². The molecule has 36 heavy (non-hydrogen) atoms. The van der Waals surface area contributed by atoms with Gasteiger partial charge in [0.15, 0.2) is 17.1 Å². The summed E-state index contributed by atoms with van der Waals surface area (Å²) in [6.45, 7) is 4.13. The van der Waals surface area contributed by atoms with E-state index in [2.05, 4.69) is 30.1 Å². The molecule has 2 aliphatic heterocycles. The van der Waals surface area contributed by atoms with Gasteiger partial charge in [-0.1, -0.05) is 19.1 Å². The molecule has 7 heteroatoms. The second-order valence-corrected chi connectivity index (χ2v) is 12.4. The van der Waals surface area contributed by atoms with Crippen LogP contribution in [0, 0.1) is 18.3 Å². The highest BCUT2D eigenvalue weighted by Gasteiger charge is 2.74. The van der Waals surface area contributed by atoms with Crippen LogP contribution < -0.4 is 0 Å². The maximum absolute atomic E-state index is 17.1. The highest BCUT2D eigenvalue weighted by molar-refractivity contribution is 5.82. The molecule has 3 fully saturated rings. The third-order valence-electron chi connectivity index (χ3n) is 10.4. The highest BCUT2D eigenvalue weighted by atomic mass is 19.1. The summed E-state index contributed by atoms with van der Waals surface area (Å²) in [4.78, 5) is 6.39. The van der Waals surface area contributed by atoms with Crippen LogP contribution in [0.4, 0.5) is 4.39 Å². The van der Waals surface area contributed by atoms with Gasteiger partial charge in [-0.3, -0.25) is 0 Å². The van der Waals surface area contributed by atoms with Crippen LogP contribution in [-0.2, 0) is 4.74 Å². The molecule has 3 heterocycles. The van der Waals surface area contributed by atoms with Gasteiger partial charge in [0.1, 0.15) is 17.2 Å². The Morgan fingerprint density at radius 2 is 1.94 bits per heavy atom. The van der Waals surface area contributed by atoms with Crippen LogP contribution in [-0.4, -0.2) is 69.3 Å². The Hall–Kier alpha value is -2.06. The molecular formula is C29H35FN2O4. The van der Waals surface area contributed by atoms with E-state index in [9.17, 15) is 10.2 Å². The van der Waals surface area contributed by atoms with E-state index >= 15 is 4.39 Å². The quantitative estimate of drug-likeness (QED) is 0.605. The lowest BCUT2D eigenvalue weighted by molar-refractivity contribution is -0.239. The number of fused-ring (bicyclic) bond motifs is 2. The van der Waals surface area contributed by atoms with E-state index < -0.39 is 29.1 Å². The SMILES string of the molecule is Cc1nc2ccc(C3=CCC4[C@@]56CC[C@]7(C[C@H](N(C)C)[C@@H](O)[C@H](O)C7=CC5(F)CC[C@]34C)O6)cc2o1. The van der Waals surface area contributed by atoms with Crippen molar-refractivity contribution in [1.82, 2.24) is 9.88 Å². The van der Waals surface area contributed by atoms with Crippen LogP contribution in [0.5, 0.6) is 0 Å². The zero-order chi connectivity index (χ0) is 25.3. The molecule has 2 aromatic rings. The van der Waals surface area contributed by atoms with Gasteiger partial charge in [-0.2, -0.15) is 0 Å². The lowest BCUT2D eigenvalue weighted by Crippen LogP contribution is -2.68. The van der Waals surface area contributed by atoms with Crippen LogP contribution in [0.25, 0.3) is 16.7 Å². The predicted molar refractivity (Wildman–Crippen MR) is 134 cm³/mol. The average molecular weight is 495 g/mol. The minimum Gasteiger partial charge on any atom is -0.441 e. The minimum atomic E-state index is -1.66. The first kappa shape index (κ1) is 23.1. The predicted octanol–water partition coefficient (Wildman–Crippen LogP) is 4.33.